The molecule has 1 aromatic rings. The van der Waals surface area contributed by atoms with Gasteiger partial charge in [-0.3, -0.25) is 4.68 Å². The Bertz CT molecular complexity index is 377. The first-order chi connectivity index (χ1) is 7.43. The normalized spacial score (nSPS) is 11.3. The lowest BCUT2D eigenvalue weighted by Crippen LogP contribution is -2.38. The quantitative estimate of drug-likeness (QED) is 0.533. The lowest BCUT2D eigenvalue weighted by Gasteiger charge is -2.21. The summed E-state index contributed by atoms with van der Waals surface area (Å²) in [5.41, 5.74) is -0.431. The van der Waals surface area contributed by atoms with Crippen molar-refractivity contribution in [1.29, 1.82) is 0 Å². The van der Waals surface area contributed by atoms with Crippen LogP contribution in [-0.2, 0) is 19.7 Å². The standard InChI is InChI=1S/C9H15BN2O4/c1-9(2,8(13)15-3)12-6-7(5-11-12)10(14)16-4/h5-6,14H,1-4H3. The molecule has 0 unspecified atom stereocenters. The summed E-state index contributed by atoms with van der Waals surface area (Å²) in [5.74, 6) is -0.408. The molecule has 0 fully saturated rings. The molecule has 0 aliphatic carbocycles. The van der Waals surface area contributed by atoms with Crippen LogP contribution in [0.25, 0.3) is 0 Å². The van der Waals surface area contributed by atoms with Crippen LogP contribution in [0.5, 0.6) is 0 Å². The molecule has 0 saturated carbocycles. The Labute approximate surface area is 94.3 Å². The van der Waals surface area contributed by atoms with Crippen LogP contribution in [0.1, 0.15) is 13.8 Å². The molecule has 0 spiro atoms. The highest BCUT2D eigenvalue weighted by atomic mass is 16.5. The van der Waals surface area contributed by atoms with Crippen LogP contribution in [0.3, 0.4) is 0 Å². The largest absolute Gasteiger partial charge is 0.494 e. The summed E-state index contributed by atoms with van der Waals surface area (Å²) in [6.07, 6.45) is 2.99. The van der Waals surface area contributed by atoms with Crippen molar-refractivity contribution in [1.82, 2.24) is 9.78 Å². The number of ether oxygens (including phenoxy) is 1. The second-order valence-corrected chi connectivity index (χ2v) is 3.86. The number of hydrogen-bond acceptors (Lipinski definition) is 5. The third kappa shape index (κ3) is 2.25. The molecule has 7 heteroatoms. The Kier molecular flexibility index (Phi) is 3.72. The summed E-state index contributed by atoms with van der Waals surface area (Å²) in [6, 6.07) is 0. The maximum absolute atomic E-state index is 11.5. The van der Waals surface area contributed by atoms with Crippen molar-refractivity contribution in [3.05, 3.63) is 12.4 Å². The number of methoxy groups -OCH3 is 1. The molecule has 0 aliphatic heterocycles. The van der Waals surface area contributed by atoms with Crippen molar-refractivity contribution in [3.63, 3.8) is 0 Å². The van der Waals surface area contributed by atoms with Gasteiger partial charge in [-0.2, -0.15) is 5.10 Å². The van der Waals surface area contributed by atoms with Gasteiger partial charge in [0.05, 0.1) is 7.11 Å². The summed E-state index contributed by atoms with van der Waals surface area (Å²) < 4.78 is 10.8. The first-order valence-electron chi connectivity index (χ1n) is 4.77. The molecule has 0 radical (unpaired) electrons. The van der Waals surface area contributed by atoms with Crippen molar-refractivity contribution < 1.29 is 19.2 Å². The van der Waals surface area contributed by atoms with Gasteiger partial charge in [0.2, 0.25) is 0 Å². The number of esters is 1. The van der Waals surface area contributed by atoms with Gasteiger partial charge >= 0.3 is 13.1 Å². The molecule has 1 N–H and O–H groups in total. The van der Waals surface area contributed by atoms with E-state index in [1.54, 1.807) is 20.0 Å². The molecule has 1 heterocycles. The highest BCUT2D eigenvalue weighted by molar-refractivity contribution is 6.59. The lowest BCUT2D eigenvalue weighted by atomic mass is 9.82. The van der Waals surface area contributed by atoms with E-state index in [1.807, 2.05) is 0 Å². The van der Waals surface area contributed by atoms with E-state index in [9.17, 15) is 9.82 Å². The van der Waals surface area contributed by atoms with Gasteiger partial charge in [0.25, 0.3) is 0 Å². The number of aromatic nitrogens is 2. The SMILES string of the molecule is COB(O)c1cnn(C(C)(C)C(=O)OC)c1. The first-order valence-corrected chi connectivity index (χ1v) is 4.77. The van der Waals surface area contributed by atoms with Crippen LogP contribution in [0, 0.1) is 0 Å². The molecule has 0 bridgehead atoms. The Morgan fingerprint density at radius 3 is 2.69 bits per heavy atom. The molecule has 1 aromatic heterocycles. The second kappa shape index (κ2) is 4.67. The van der Waals surface area contributed by atoms with E-state index in [1.165, 1.54) is 25.1 Å². The Hall–Kier alpha value is -1.34. The van der Waals surface area contributed by atoms with Gasteiger partial charge in [-0.1, -0.05) is 0 Å². The van der Waals surface area contributed by atoms with Gasteiger partial charge in [0.15, 0.2) is 5.54 Å². The van der Waals surface area contributed by atoms with Crippen LogP contribution in [0.15, 0.2) is 12.4 Å². The van der Waals surface area contributed by atoms with Crippen LogP contribution >= 0.6 is 0 Å². The molecule has 0 atom stereocenters. The molecule has 88 valence electrons. The van der Waals surface area contributed by atoms with E-state index in [0.29, 0.717) is 5.46 Å². The summed E-state index contributed by atoms with van der Waals surface area (Å²) in [5, 5.41) is 13.4. The van der Waals surface area contributed by atoms with E-state index in [-0.39, 0.29) is 0 Å². The minimum Gasteiger partial charge on any atom is -0.467 e. The van der Waals surface area contributed by atoms with Gasteiger partial charge in [-0.15, -0.1) is 0 Å². The maximum Gasteiger partial charge on any atom is 0.494 e. The smallest absolute Gasteiger partial charge is 0.467 e. The molecule has 0 aliphatic rings. The zero-order valence-electron chi connectivity index (χ0n) is 9.80. The van der Waals surface area contributed by atoms with Gasteiger partial charge in [0.1, 0.15) is 0 Å². The first kappa shape index (κ1) is 12.7. The number of hydrogen-bond donors (Lipinski definition) is 1. The van der Waals surface area contributed by atoms with Gasteiger partial charge in [-0.05, 0) is 13.8 Å². The van der Waals surface area contributed by atoms with Gasteiger partial charge < -0.3 is 14.4 Å². The maximum atomic E-state index is 11.5. The van der Waals surface area contributed by atoms with Crippen molar-refractivity contribution >= 4 is 18.6 Å². The summed E-state index contributed by atoms with van der Waals surface area (Å²) in [6.45, 7) is 3.35. The fourth-order valence-electron chi connectivity index (χ4n) is 1.25. The molecule has 16 heavy (non-hydrogen) atoms. The Morgan fingerprint density at radius 2 is 2.19 bits per heavy atom. The van der Waals surface area contributed by atoms with Crippen LogP contribution in [-0.4, -0.2) is 42.1 Å². The molecule has 0 aromatic carbocycles. The van der Waals surface area contributed by atoms with E-state index < -0.39 is 18.6 Å². The minimum absolute atomic E-state index is 0.408. The molecule has 0 amide bonds. The highest BCUT2D eigenvalue weighted by Gasteiger charge is 2.32. The topological polar surface area (TPSA) is 73.6 Å². The van der Waals surface area contributed by atoms with E-state index >= 15 is 0 Å². The number of carbonyl (C=O) groups excluding carboxylic acids is 1. The fourth-order valence-corrected chi connectivity index (χ4v) is 1.25. The summed E-state index contributed by atoms with van der Waals surface area (Å²) >= 11 is 0. The number of nitrogens with zero attached hydrogens (tertiary/aromatic N) is 2. The van der Waals surface area contributed by atoms with Crippen molar-refractivity contribution in [2.75, 3.05) is 14.2 Å². The van der Waals surface area contributed by atoms with Crippen LogP contribution in [0.2, 0.25) is 0 Å². The van der Waals surface area contributed by atoms with Gasteiger partial charge in [-0.25, -0.2) is 4.79 Å². The molecule has 6 nitrogen and oxygen atoms in total. The summed E-state index contributed by atoms with van der Waals surface area (Å²) in [7, 11) is 1.66. The average molecular weight is 226 g/mol. The fraction of sp³-hybridized carbons (Fsp3) is 0.556. The van der Waals surface area contributed by atoms with Crippen molar-refractivity contribution in [2.24, 2.45) is 0 Å². The molecular weight excluding hydrogens is 211 g/mol. The predicted molar refractivity (Wildman–Crippen MR) is 58.2 cm³/mol. The Balaban J connectivity index is 2.97. The monoisotopic (exact) mass is 226 g/mol. The summed E-state index contributed by atoms with van der Waals surface area (Å²) in [4.78, 5) is 11.5. The van der Waals surface area contributed by atoms with Crippen molar-refractivity contribution in [2.45, 2.75) is 19.4 Å². The minimum atomic E-state index is -1.04. The second-order valence-electron chi connectivity index (χ2n) is 3.86. The van der Waals surface area contributed by atoms with Crippen molar-refractivity contribution in [3.8, 4) is 0 Å². The third-order valence-corrected chi connectivity index (χ3v) is 2.37. The zero-order valence-corrected chi connectivity index (χ0v) is 9.80. The third-order valence-electron chi connectivity index (χ3n) is 2.37. The molecule has 1 rings (SSSR count). The lowest BCUT2D eigenvalue weighted by molar-refractivity contribution is -0.150. The average Bonchev–Trinajstić information content (AvgIpc) is 2.76. The zero-order chi connectivity index (χ0) is 12.3. The Morgan fingerprint density at radius 1 is 1.56 bits per heavy atom. The van der Waals surface area contributed by atoms with E-state index in [0.717, 1.165) is 0 Å². The number of carbonyl (C=O) groups is 1. The predicted octanol–water partition coefficient (Wildman–Crippen LogP) is -0.875. The van der Waals surface area contributed by atoms with Crippen LogP contribution < -0.4 is 5.46 Å². The van der Waals surface area contributed by atoms with Crippen LogP contribution in [0.4, 0.5) is 0 Å². The highest BCUT2D eigenvalue weighted by Crippen LogP contribution is 2.14. The van der Waals surface area contributed by atoms with Gasteiger partial charge in [0, 0.05) is 25.0 Å². The van der Waals surface area contributed by atoms with E-state index in [2.05, 4.69) is 9.84 Å². The molecule has 0 saturated heterocycles. The molecular formula is C9H15BN2O4. The number of rotatable bonds is 4. The van der Waals surface area contributed by atoms with E-state index in [4.69, 9.17) is 4.65 Å².